The second-order valence-electron chi connectivity index (χ2n) is 8.26. The van der Waals surface area contributed by atoms with Crippen molar-refractivity contribution in [1.29, 1.82) is 0 Å². The van der Waals surface area contributed by atoms with E-state index in [-0.39, 0.29) is 24.0 Å². The highest BCUT2D eigenvalue weighted by Crippen LogP contribution is 2.19. The van der Waals surface area contributed by atoms with Gasteiger partial charge in [-0.05, 0) is 43.7 Å². The summed E-state index contributed by atoms with van der Waals surface area (Å²) < 4.78 is 5.51. The third kappa shape index (κ3) is 8.26. The number of rotatable bonds is 8. The number of benzene rings is 2. The van der Waals surface area contributed by atoms with E-state index in [1.807, 2.05) is 0 Å². The normalized spacial score (nSPS) is 15.2. The summed E-state index contributed by atoms with van der Waals surface area (Å²) in [5.74, 6) is 1.71. The van der Waals surface area contributed by atoms with Crippen LogP contribution in [0, 0.1) is 6.92 Å². The number of piperazine rings is 1. The maximum atomic E-state index is 5.51. The second kappa shape index (κ2) is 13.6. The van der Waals surface area contributed by atoms with Crippen molar-refractivity contribution in [2.75, 3.05) is 46.9 Å². The summed E-state index contributed by atoms with van der Waals surface area (Å²) in [6.07, 6.45) is 0. The number of nitrogens with zero attached hydrogens (tertiary/aromatic N) is 3. The first-order valence-corrected chi connectivity index (χ1v) is 11.2. The lowest BCUT2D eigenvalue weighted by Gasteiger charge is -2.32. The zero-order chi connectivity index (χ0) is 22.1. The number of hydrogen-bond donors (Lipinski definition) is 2. The van der Waals surface area contributed by atoms with Crippen molar-refractivity contribution in [1.82, 2.24) is 20.4 Å². The first-order chi connectivity index (χ1) is 15.1. The Labute approximate surface area is 210 Å². The molecule has 2 N–H and O–H groups in total. The van der Waals surface area contributed by atoms with Crippen LogP contribution < -0.4 is 15.4 Å². The second-order valence-corrected chi connectivity index (χ2v) is 8.26. The maximum absolute atomic E-state index is 5.51. The average molecular weight is 552 g/mol. The molecule has 1 fully saturated rings. The number of nitrogens with one attached hydrogen (secondary N) is 2. The molecule has 2 aromatic carbocycles. The molecule has 32 heavy (non-hydrogen) atoms. The van der Waals surface area contributed by atoms with Crippen LogP contribution in [0.15, 0.2) is 47.5 Å². The summed E-state index contributed by atoms with van der Waals surface area (Å²) in [4.78, 5) is 9.68. The number of aryl methyl sites for hydroxylation is 1. The molecule has 0 amide bonds. The fourth-order valence-corrected chi connectivity index (χ4v) is 3.70. The molecule has 1 aliphatic heterocycles. The minimum absolute atomic E-state index is 0. The van der Waals surface area contributed by atoms with Gasteiger partial charge in [-0.2, -0.15) is 0 Å². The minimum Gasteiger partial charge on any atom is -0.496 e. The van der Waals surface area contributed by atoms with Crippen molar-refractivity contribution in [3.8, 4) is 5.75 Å². The molecule has 1 heterocycles. The van der Waals surface area contributed by atoms with Gasteiger partial charge in [-0.15, -0.1) is 24.0 Å². The number of aliphatic imine (C=N–C) groups is 1. The molecule has 0 unspecified atom stereocenters. The zero-order valence-electron chi connectivity index (χ0n) is 19.9. The van der Waals surface area contributed by atoms with Crippen molar-refractivity contribution >= 4 is 29.9 Å². The van der Waals surface area contributed by atoms with Crippen molar-refractivity contribution in [3.63, 3.8) is 0 Å². The van der Waals surface area contributed by atoms with Crippen LogP contribution in [-0.2, 0) is 19.6 Å². The molecular formula is C25H38IN5O. The molecule has 0 atom stereocenters. The fourth-order valence-electron chi connectivity index (χ4n) is 3.70. The standard InChI is InChI=1S/C25H37N5O.HI/c1-5-26-25(28-18-23-11-6-20(2)16-24(23)31-4)27-17-21-7-9-22(10-8-21)19-30-14-12-29(3)13-15-30;/h6-11,16H,5,12-15,17-19H2,1-4H3,(H2,26,27,28);1H. The SMILES string of the molecule is CCNC(=NCc1ccc(CN2CCN(C)CC2)cc1)NCc1ccc(C)cc1OC.I. The molecule has 1 saturated heterocycles. The Bertz CT molecular complexity index is 848. The van der Waals surface area contributed by atoms with E-state index in [1.54, 1.807) is 7.11 Å². The van der Waals surface area contributed by atoms with Gasteiger partial charge in [-0.1, -0.05) is 36.4 Å². The van der Waals surface area contributed by atoms with E-state index < -0.39 is 0 Å². The number of ether oxygens (including phenoxy) is 1. The number of likely N-dealkylation sites (N-methyl/N-ethyl adjacent to an activating group) is 1. The molecule has 0 aromatic heterocycles. The van der Waals surface area contributed by atoms with Gasteiger partial charge < -0.3 is 20.3 Å². The largest absolute Gasteiger partial charge is 0.496 e. The Morgan fingerprint density at radius 3 is 2.34 bits per heavy atom. The highest BCUT2D eigenvalue weighted by molar-refractivity contribution is 14.0. The number of guanidine groups is 1. The van der Waals surface area contributed by atoms with Gasteiger partial charge in [0.05, 0.1) is 13.7 Å². The highest BCUT2D eigenvalue weighted by atomic mass is 127. The molecule has 0 radical (unpaired) electrons. The quantitative estimate of drug-likeness (QED) is 0.298. The summed E-state index contributed by atoms with van der Waals surface area (Å²) in [7, 11) is 3.91. The fraction of sp³-hybridized carbons (Fsp3) is 0.480. The van der Waals surface area contributed by atoms with E-state index in [0.29, 0.717) is 13.1 Å². The summed E-state index contributed by atoms with van der Waals surface area (Å²) in [6, 6.07) is 15.1. The smallest absolute Gasteiger partial charge is 0.191 e. The summed E-state index contributed by atoms with van der Waals surface area (Å²) in [5.41, 5.74) is 4.89. The van der Waals surface area contributed by atoms with E-state index in [9.17, 15) is 0 Å². The molecule has 0 spiro atoms. The van der Waals surface area contributed by atoms with E-state index >= 15 is 0 Å². The molecular weight excluding hydrogens is 513 g/mol. The summed E-state index contributed by atoms with van der Waals surface area (Å²) >= 11 is 0. The lowest BCUT2D eigenvalue weighted by molar-refractivity contribution is 0.148. The van der Waals surface area contributed by atoms with Crippen molar-refractivity contribution < 1.29 is 4.74 Å². The van der Waals surface area contributed by atoms with Crippen LogP contribution in [0.25, 0.3) is 0 Å². The molecule has 1 aliphatic rings. The predicted octanol–water partition coefficient (Wildman–Crippen LogP) is 3.62. The molecule has 2 aromatic rings. The van der Waals surface area contributed by atoms with Crippen molar-refractivity contribution in [3.05, 3.63) is 64.7 Å². The van der Waals surface area contributed by atoms with Gasteiger partial charge in [0.2, 0.25) is 0 Å². The first kappa shape index (κ1) is 26.4. The van der Waals surface area contributed by atoms with E-state index in [2.05, 4.69) is 83.8 Å². The van der Waals surface area contributed by atoms with Gasteiger partial charge >= 0.3 is 0 Å². The van der Waals surface area contributed by atoms with Crippen LogP contribution in [0.1, 0.15) is 29.2 Å². The molecule has 3 rings (SSSR count). The third-order valence-corrected chi connectivity index (χ3v) is 5.68. The van der Waals surface area contributed by atoms with Crippen molar-refractivity contribution in [2.24, 2.45) is 4.99 Å². The van der Waals surface area contributed by atoms with Gasteiger partial charge in [-0.25, -0.2) is 4.99 Å². The average Bonchev–Trinajstić information content (AvgIpc) is 2.78. The molecule has 176 valence electrons. The molecule has 0 bridgehead atoms. The van der Waals surface area contributed by atoms with Gasteiger partial charge in [0.1, 0.15) is 5.75 Å². The van der Waals surface area contributed by atoms with E-state index in [0.717, 1.165) is 56.5 Å². The van der Waals surface area contributed by atoms with Gasteiger partial charge in [0.15, 0.2) is 5.96 Å². The minimum atomic E-state index is 0. The van der Waals surface area contributed by atoms with Gasteiger partial charge in [0.25, 0.3) is 0 Å². The Balaban J connectivity index is 0.00000363. The van der Waals surface area contributed by atoms with Crippen LogP contribution in [0.2, 0.25) is 0 Å². The van der Waals surface area contributed by atoms with Crippen molar-refractivity contribution in [2.45, 2.75) is 33.5 Å². The Hall–Kier alpha value is -1.84. The topological polar surface area (TPSA) is 52.1 Å². The molecule has 6 nitrogen and oxygen atoms in total. The number of methoxy groups -OCH3 is 1. The summed E-state index contributed by atoms with van der Waals surface area (Å²) in [5, 5.41) is 6.75. The monoisotopic (exact) mass is 551 g/mol. The zero-order valence-corrected chi connectivity index (χ0v) is 22.2. The third-order valence-electron chi connectivity index (χ3n) is 5.68. The highest BCUT2D eigenvalue weighted by Gasteiger charge is 2.13. The lowest BCUT2D eigenvalue weighted by Crippen LogP contribution is -2.43. The Morgan fingerprint density at radius 2 is 1.69 bits per heavy atom. The van der Waals surface area contributed by atoms with Gasteiger partial charge in [0, 0.05) is 51.4 Å². The molecule has 0 aliphatic carbocycles. The van der Waals surface area contributed by atoms with E-state index in [1.165, 1.54) is 16.7 Å². The Kier molecular flexibility index (Phi) is 11.3. The van der Waals surface area contributed by atoms with Crippen LogP contribution in [0.4, 0.5) is 0 Å². The number of halogens is 1. The maximum Gasteiger partial charge on any atom is 0.191 e. The van der Waals surface area contributed by atoms with Crippen LogP contribution in [0.5, 0.6) is 5.75 Å². The molecule has 0 saturated carbocycles. The van der Waals surface area contributed by atoms with Crippen LogP contribution >= 0.6 is 24.0 Å². The first-order valence-electron chi connectivity index (χ1n) is 11.2. The van der Waals surface area contributed by atoms with Crippen LogP contribution in [0.3, 0.4) is 0 Å². The van der Waals surface area contributed by atoms with Gasteiger partial charge in [-0.3, -0.25) is 4.90 Å². The van der Waals surface area contributed by atoms with E-state index in [4.69, 9.17) is 9.73 Å². The molecule has 7 heteroatoms. The lowest BCUT2D eigenvalue weighted by atomic mass is 10.1. The summed E-state index contributed by atoms with van der Waals surface area (Å²) in [6.45, 7) is 11.9. The Morgan fingerprint density at radius 1 is 1.00 bits per heavy atom. The predicted molar refractivity (Wildman–Crippen MR) is 144 cm³/mol. The van der Waals surface area contributed by atoms with Crippen LogP contribution in [-0.4, -0.2) is 62.6 Å². The number of hydrogen-bond acceptors (Lipinski definition) is 4.